The van der Waals surface area contributed by atoms with Crippen molar-refractivity contribution in [3.63, 3.8) is 0 Å². The van der Waals surface area contributed by atoms with Gasteiger partial charge in [-0.1, -0.05) is 13.3 Å². The zero-order valence-corrected chi connectivity index (χ0v) is 10.9. The lowest BCUT2D eigenvalue weighted by atomic mass is 10.3. The molecule has 94 valence electrons. The van der Waals surface area contributed by atoms with Crippen LogP contribution in [0.15, 0.2) is 24.3 Å². The fourth-order valence-corrected chi connectivity index (χ4v) is 2.30. The van der Waals surface area contributed by atoms with E-state index < -0.39 is 0 Å². The predicted molar refractivity (Wildman–Crippen MR) is 71.9 cm³/mol. The second-order valence-electron chi connectivity index (χ2n) is 3.77. The smallest absolute Gasteiger partial charge is 0.225 e. The molecular weight excluding hydrogens is 237 g/mol. The van der Waals surface area contributed by atoms with Crippen molar-refractivity contribution in [3.8, 4) is 0 Å². The molecule has 0 heterocycles. The highest BCUT2D eigenvalue weighted by molar-refractivity contribution is 7.99. The maximum Gasteiger partial charge on any atom is 0.225 e. The fraction of sp³-hybridized carbons (Fsp3) is 0.462. The number of unbranched alkanes of at least 4 members (excludes halogenated alkanes) is 1. The molecule has 0 atom stereocenters. The lowest BCUT2D eigenvalue weighted by Gasteiger charge is -2.04. The number of carbonyl (C=O) groups is 1. The van der Waals surface area contributed by atoms with Gasteiger partial charge in [-0.2, -0.15) is 11.8 Å². The summed E-state index contributed by atoms with van der Waals surface area (Å²) in [7, 11) is 0. The SMILES string of the molecule is CCCCSCCC(=O)Nc1ccc(F)cc1. The molecule has 0 radical (unpaired) electrons. The Morgan fingerprint density at radius 3 is 2.65 bits per heavy atom. The molecule has 0 saturated heterocycles. The minimum atomic E-state index is -0.293. The van der Waals surface area contributed by atoms with Gasteiger partial charge in [0.25, 0.3) is 0 Å². The Morgan fingerprint density at radius 1 is 1.29 bits per heavy atom. The summed E-state index contributed by atoms with van der Waals surface area (Å²) >= 11 is 1.80. The van der Waals surface area contributed by atoms with Gasteiger partial charge in [0.05, 0.1) is 0 Å². The quantitative estimate of drug-likeness (QED) is 0.753. The average molecular weight is 255 g/mol. The Labute approximate surface area is 106 Å². The molecule has 0 unspecified atom stereocenters. The summed E-state index contributed by atoms with van der Waals surface area (Å²) < 4.78 is 12.6. The first-order chi connectivity index (χ1) is 8.22. The van der Waals surface area contributed by atoms with Crippen LogP contribution in [0.5, 0.6) is 0 Å². The summed E-state index contributed by atoms with van der Waals surface area (Å²) in [5, 5.41) is 2.74. The Bertz CT molecular complexity index is 340. The van der Waals surface area contributed by atoms with E-state index in [9.17, 15) is 9.18 Å². The standard InChI is InChI=1S/C13H18FNOS/c1-2-3-9-17-10-8-13(16)15-12-6-4-11(14)5-7-12/h4-7H,2-3,8-10H2,1H3,(H,15,16). The number of carbonyl (C=O) groups excluding carboxylic acids is 1. The van der Waals surface area contributed by atoms with E-state index in [1.807, 2.05) is 0 Å². The maximum absolute atomic E-state index is 12.6. The van der Waals surface area contributed by atoms with Gasteiger partial charge in [0.15, 0.2) is 0 Å². The Balaban J connectivity index is 2.18. The number of hydrogen-bond acceptors (Lipinski definition) is 2. The molecule has 0 bridgehead atoms. The lowest BCUT2D eigenvalue weighted by Crippen LogP contribution is -2.12. The number of halogens is 1. The largest absolute Gasteiger partial charge is 0.326 e. The van der Waals surface area contributed by atoms with Crippen LogP contribution in [0.25, 0.3) is 0 Å². The number of nitrogens with one attached hydrogen (secondary N) is 1. The van der Waals surface area contributed by atoms with Crippen LogP contribution in [-0.4, -0.2) is 17.4 Å². The van der Waals surface area contributed by atoms with Gasteiger partial charge in [0.2, 0.25) is 5.91 Å². The van der Waals surface area contributed by atoms with E-state index in [0.29, 0.717) is 12.1 Å². The van der Waals surface area contributed by atoms with Crippen LogP contribution in [0, 0.1) is 5.82 Å². The number of hydrogen-bond donors (Lipinski definition) is 1. The van der Waals surface area contributed by atoms with Gasteiger partial charge in [-0.05, 0) is 36.4 Å². The summed E-state index contributed by atoms with van der Waals surface area (Å²) in [6.45, 7) is 2.15. The van der Waals surface area contributed by atoms with Crippen LogP contribution in [0.2, 0.25) is 0 Å². The third-order valence-electron chi connectivity index (χ3n) is 2.24. The van der Waals surface area contributed by atoms with E-state index in [4.69, 9.17) is 0 Å². The minimum absolute atomic E-state index is 0.0133. The van der Waals surface area contributed by atoms with Crippen LogP contribution in [-0.2, 0) is 4.79 Å². The Kier molecular flexibility index (Phi) is 6.70. The summed E-state index contributed by atoms with van der Waals surface area (Å²) in [6.07, 6.45) is 2.89. The molecule has 0 aromatic heterocycles. The molecule has 17 heavy (non-hydrogen) atoms. The van der Waals surface area contributed by atoms with E-state index in [0.717, 1.165) is 11.5 Å². The number of thioether (sulfide) groups is 1. The van der Waals surface area contributed by atoms with Crippen LogP contribution < -0.4 is 5.32 Å². The number of benzene rings is 1. The highest BCUT2D eigenvalue weighted by atomic mass is 32.2. The highest BCUT2D eigenvalue weighted by Crippen LogP contribution is 2.10. The van der Waals surface area contributed by atoms with Crippen molar-refractivity contribution in [1.82, 2.24) is 0 Å². The van der Waals surface area contributed by atoms with Crippen molar-refractivity contribution in [3.05, 3.63) is 30.1 Å². The van der Waals surface area contributed by atoms with Gasteiger partial charge < -0.3 is 5.32 Å². The zero-order chi connectivity index (χ0) is 12.5. The summed E-state index contributed by atoms with van der Waals surface area (Å²) in [6, 6.07) is 5.81. The summed E-state index contributed by atoms with van der Waals surface area (Å²) in [5.41, 5.74) is 0.648. The molecule has 0 aliphatic heterocycles. The van der Waals surface area contributed by atoms with Crippen molar-refractivity contribution >= 4 is 23.4 Å². The fourth-order valence-electron chi connectivity index (χ4n) is 1.27. The molecule has 1 rings (SSSR count). The van der Waals surface area contributed by atoms with E-state index in [1.165, 1.54) is 25.0 Å². The summed E-state index contributed by atoms with van der Waals surface area (Å²) in [4.78, 5) is 11.5. The van der Waals surface area contributed by atoms with E-state index in [-0.39, 0.29) is 11.7 Å². The first-order valence-corrected chi connectivity index (χ1v) is 7.01. The van der Waals surface area contributed by atoms with Crippen molar-refractivity contribution < 1.29 is 9.18 Å². The third kappa shape index (κ3) is 6.31. The van der Waals surface area contributed by atoms with Gasteiger partial charge in [-0.15, -0.1) is 0 Å². The molecule has 1 amide bonds. The Morgan fingerprint density at radius 2 is 2.00 bits per heavy atom. The number of anilines is 1. The molecule has 1 N–H and O–H groups in total. The minimum Gasteiger partial charge on any atom is -0.326 e. The van der Waals surface area contributed by atoms with E-state index in [1.54, 1.807) is 23.9 Å². The second kappa shape index (κ2) is 8.12. The average Bonchev–Trinajstić information content (AvgIpc) is 2.32. The zero-order valence-electron chi connectivity index (χ0n) is 10.0. The van der Waals surface area contributed by atoms with Crippen LogP contribution in [0.1, 0.15) is 26.2 Å². The third-order valence-corrected chi connectivity index (χ3v) is 3.31. The lowest BCUT2D eigenvalue weighted by molar-refractivity contribution is -0.115. The van der Waals surface area contributed by atoms with Gasteiger partial charge >= 0.3 is 0 Å². The molecule has 4 heteroatoms. The maximum atomic E-state index is 12.6. The first-order valence-electron chi connectivity index (χ1n) is 5.85. The monoisotopic (exact) mass is 255 g/mol. The molecular formula is C13H18FNOS. The molecule has 0 fully saturated rings. The highest BCUT2D eigenvalue weighted by Gasteiger charge is 2.02. The van der Waals surface area contributed by atoms with Crippen LogP contribution >= 0.6 is 11.8 Å². The van der Waals surface area contributed by atoms with E-state index in [2.05, 4.69) is 12.2 Å². The molecule has 0 saturated carbocycles. The second-order valence-corrected chi connectivity index (χ2v) is 5.00. The van der Waals surface area contributed by atoms with Gasteiger partial charge in [-0.25, -0.2) is 4.39 Å². The van der Waals surface area contributed by atoms with Crippen molar-refractivity contribution in [2.45, 2.75) is 26.2 Å². The van der Waals surface area contributed by atoms with Gasteiger partial charge in [-0.3, -0.25) is 4.79 Å². The molecule has 0 aliphatic rings. The molecule has 2 nitrogen and oxygen atoms in total. The molecule has 1 aromatic carbocycles. The van der Waals surface area contributed by atoms with Crippen LogP contribution in [0.3, 0.4) is 0 Å². The topological polar surface area (TPSA) is 29.1 Å². The first kappa shape index (κ1) is 14.0. The predicted octanol–water partition coefficient (Wildman–Crippen LogP) is 3.69. The number of amides is 1. The molecule has 1 aromatic rings. The van der Waals surface area contributed by atoms with Crippen LogP contribution in [0.4, 0.5) is 10.1 Å². The van der Waals surface area contributed by atoms with Gasteiger partial charge in [0.1, 0.15) is 5.82 Å². The normalized spacial score (nSPS) is 10.2. The van der Waals surface area contributed by atoms with Crippen molar-refractivity contribution in [2.24, 2.45) is 0 Å². The number of rotatable bonds is 7. The molecule has 0 aliphatic carbocycles. The summed E-state index contributed by atoms with van der Waals surface area (Å²) in [5.74, 6) is 1.65. The van der Waals surface area contributed by atoms with Crippen molar-refractivity contribution in [1.29, 1.82) is 0 Å². The molecule has 0 spiro atoms. The van der Waals surface area contributed by atoms with Crippen molar-refractivity contribution in [2.75, 3.05) is 16.8 Å². The van der Waals surface area contributed by atoms with E-state index >= 15 is 0 Å². The Hall–Kier alpha value is -1.03. The van der Waals surface area contributed by atoms with Gasteiger partial charge in [0, 0.05) is 17.9 Å².